The van der Waals surface area contributed by atoms with Crippen LogP contribution in [0.4, 0.5) is 0 Å². The second-order valence-electron chi connectivity index (χ2n) is 5.81. The highest BCUT2D eigenvalue weighted by Crippen LogP contribution is 2.20. The van der Waals surface area contributed by atoms with Crippen molar-refractivity contribution >= 4 is 10.0 Å². The van der Waals surface area contributed by atoms with E-state index in [9.17, 15) is 8.42 Å². The van der Waals surface area contributed by atoms with Gasteiger partial charge in [-0.05, 0) is 32.6 Å². The van der Waals surface area contributed by atoms with Crippen LogP contribution < -0.4 is 0 Å². The molecule has 5 nitrogen and oxygen atoms in total. The molecule has 0 amide bonds. The Bertz CT molecular complexity index is 564. The van der Waals surface area contributed by atoms with Crippen molar-refractivity contribution in [1.29, 1.82) is 0 Å². The number of nitrogens with zero attached hydrogens (tertiary/aromatic N) is 3. The molecule has 2 rings (SSSR count). The Labute approximate surface area is 128 Å². The van der Waals surface area contributed by atoms with Crippen molar-refractivity contribution < 1.29 is 8.42 Å². The topological polar surface area (TPSA) is 43.9 Å². The van der Waals surface area contributed by atoms with Crippen molar-refractivity contribution in [3.8, 4) is 0 Å². The van der Waals surface area contributed by atoms with Crippen LogP contribution >= 0.6 is 0 Å². The van der Waals surface area contributed by atoms with Crippen LogP contribution in [0, 0.1) is 6.92 Å². The van der Waals surface area contributed by atoms with E-state index in [4.69, 9.17) is 0 Å². The highest BCUT2D eigenvalue weighted by atomic mass is 32.2. The first-order valence-corrected chi connectivity index (χ1v) is 8.78. The van der Waals surface area contributed by atoms with E-state index in [0.717, 1.165) is 31.7 Å². The van der Waals surface area contributed by atoms with Gasteiger partial charge in [0.1, 0.15) is 0 Å². The summed E-state index contributed by atoms with van der Waals surface area (Å²) in [4.78, 5) is 4.91. The van der Waals surface area contributed by atoms with Crippen LogP contribution in [0.1, 0.15) is 5.56 Å². The lowest BCUT2D eigenvalue weighted by atomic mass is 10.2. The number of likely N-dealkylation sites (N-methyl/N-ethyl adjacent to an activating group) is 1. The number of piperazine rings is 1. The van der Waals surface area contributed by atoms with Crippen LogP contribution in [-0.4, -0.2) is 75.9 Å². The van der Waals surface area contributed by atoms with E-state index < -0.39 is 10.0 Å². The predicted molar refractivity (Wildman–Crippen MR) is 84.9 cm³/mol. The first-order chi connectivity index (χ1) is 9.91. The molecule has 1 aromatic rings. The van der Waals surface area contributed by atoms with Gasteiger partial charge in [0.2, 0.25) is 10.0 Å². The molecule has 118 valence electrons. The average molecular weight is 311 g/mol. The summed E-state index contributed by atoms with van der Waals surface area (Å²) >= 11 is 0. The summed E-state index contributed by atoms with van der Waals surface area (Å²) in [5, 5.41) is 0. The maximum atomic E-state index is 12.7. The largest absolute Gasteiger partial charge is 0.308 e. The van der Waals surface area contributed by atoms with Crippen LogP contribution in [0.15, 0.2) is 29.2 Å². The van der Waals surface area contributed by atoms with Crippen LogP contribution in [0.2, 0.25) is 0 Å². The summed E-state index contributed by atoms with van der Waals surface area (Å²) in [5.74, 6) is 0. The SMILES string of the molecule is Cc1ccccc1S(=O)(=O)N1CCN(CCN(C)C)CC1. The lowest BCUT2D eigenvalue weighted by Gasteiger charge is -2.34. The summed E-state index contributed by atoms with van der Waals surface area (Å²) in [6.45, 7) is 6.60. The molecule has 0 saturated carbocycles. The van der Waals surface area contributed by atoms with Gasteiger partial charge in [-0.25, -0.2) is 8.42 Å². The molecule has 1 saturated heterocycles. The van der Waals surface area contributed by atoms with E-state index in [1.807, 2.05) is 19.1 Å². The van der Waals surface area contributed by atoms with E-state index in [1.54, 1.807) is 16.4 Å². The van der Waals surface area contributed by atoms with Gasteiger partial charge in [-0.1, -0.05) is 18.2 Å². The Balaban J connectivity index is 2.00. The van der Waals surface area contributed by atoms with Crippen molar-refractivity contribution in [1.82, 2.24) is 14.1 Å². The number of benzene rings is 1. The van der Waals surface area contributed by atoms with Crippen LogP contribution in [0.3, 0.4) is 0 Å². The summed E-state index contributed by atoms with van der Waals surface area (Å²) < 4.78 is 27.0. The van der Waals surface area contributed by atoms with Crippen molar-refractivity contribution in [3.05, 3.63) is 29.8 Å². The highest BCUT2D eigenvalue weighted by molar-refractivity contribution is 7.89. The normalized spacial score (nSPS) is 18.3. The third kappa shape index (κ3) is 4.03. The fraction of sp³-hybridized carbons (Fsp3) is 0.600. The Hall–Kier alpha value is -0.950. The monoisotopic (exact) mass is 311 g/mol. The van der Waals surface area contributed by atoms with Crippen LogP contribution in [0.5, 0.6) is 0 Å². The molecule has 1 aliphatic rings. The van der Waals surface area contributed by atoms with Crippen molar-refractivity contribution in [3.63, 3.8) is 0 Å². The molecule has 0 atom stereocenters. The molecule has 1 heterocycles. The second kappa shape index (κ2) is 6.87. The summed E-state index contributed by atoms with van der Waals surface area (Å²) in [6.07, 6.45) is 0. The summed E-state index contributed by atoms with van der Waals surface area (Å²) in [6, 6.07) is 7.20. The molecular weight excluding hydrogens is 286 g/mol. The molecule has 21 heavy (non-hydrogen) atoms. The molecule has 0 bridgehead atoms. The zero-order chi connectivity index (χ0) is 15.5. The van der Waals surface area contributed by atoms with E-state index in [0.29, 0.717) is 18.0 Å². The van der Waals surface area contributed by atoms with E-state index in [2.05, 4.69) is 23.9 Å². The Morgan fingerprint density at radius 2 is 1.71 bits per heavy atom. The standard InChI is InChI=1S/C15H25N3O2S/c1-14-6-4-5-7-15(14)21(19,20)18-12-10-17(11-13-18)9-8-16(2)3/h4-7H,8-13H2,1-3H3. The maximum absolute atomic E-state index is 12.7. The zero-order valence-electron chi connectivity index (χ0n) is 13.1. The first-order valence-electron chi connectivity index (χ1n) is 7.34. The van der Waals surface area contributed by atoms with Gasteiger partial charge in [-0.2, -0.15) is 4.31 Å². The molecule has 0 aromatic heterocycles. The fourth-order valence-corrected chi connectivity index (χ4v) is 4.17. The Morgan fingerprint density at radius 3 is 2.29 bits per heavy atom. The molecule has 0 radical (unpaired) electrons. The molecular formula is C15H25N3O2S. The van der Waals surface area contributed by atoms with E-state index in [-0.39, 0.29) is 0 Å². The molecule has 0 N–H and O–H groups in total. The van der Waals surface area contributed by atoms with E-state index >= 15 is 0 Å². The van der Waals surface area contributed by atoms with Gasteiger partial charge in [0.25, 0.3) is 0 Å². The van der Waals surface area contributed by atoms with Crippen molar-refractivity contribution in [2.75, 3.05) is 53.4 Å². The van der Waals surface area contributed by atoms with Gasteiger partial charge < -0.3 is 4.90 Å². The van der Waals surface area contributed by atoms with Crippen LogP contribution in [-0.2, 0) is 10.0 Å². The minimum Gasteiger partial charge on any atom is -0.308 e. The smallest absolute Gasteiger partial charge is 0.243 e. The van der Waals surface area contributed by atoms with Crippen molar-refractivity contribution in [2.24, 2.45) is 0 Å². The predicted octanol–water partition coefficient (Wildman–Crippen LogP) is 0.863. The molecule has 0 unspecified atom stereocenters. The molecule has 0 spiro atoms. The van der Waals surface area contributed by atoms with Gasteiger partial charge >= 0.3 is 0 Å². The van der Waals surface area contributed by atoms with Gasteiger partial charge in [-0.15, -0.1) is 0 Å². The molecule has 1 fully saturated rings. The van der Waals surface area contributed by atoms with Crippen molar-refractivity contribution in [2.45, 2.75) is 11.8 Å². The molecule has 0 aliphatic carbocycles. The minimum absolute atomic E-state index is 0.437. The van der Waals surface area contributed by atoms with Gasteiger partial charge in [0.15, 0.2) is 0 Å². The Kier molecular flexibility index (Phi) is 5.37. The van der Waals surface area contributed by atoms with Gasteiger partial charge in [-0.3, -0.25) is 4.90 Å². The maximum Gasteiger partial charge on any atom is 0.243 e. The third-order valence-electron chi connectivity index (χ3n) is 3.91. The fourth-order valence-electron chi connectivity index (χ4n) is 2.52. The van der Waals surface area contributed by atoms with Gasteiger partial charge in [0, 0.05) is 39.3 Å². The first kappa shape index (κ1) is 16.4. The average Bonchev–Trinajstić information content (AvgIpc) is 2.46. The van der Waals surface area contributed by atoms with E-state index in [1.165, 1.54) is 0 Å². The van der Waals surface area contributed by atoms with Gasteiger partial charge in [0.05, 0.1) is 4.90 Å². The van der Waals surface area contributed by atoms with Crippen LogP contribution in [0.25, 0.3) is 0 Å². The Morgan fingerprint density at radius 1 is 1.10 bits per heavy atom. The lowest BCUT2D eigenvalue weighted by Crippen LogP contribution is -2.49. The molecule has 6 heteroatoms. The number of hydrogen-bond acceptors (Lipinski definition) is 4. The second-order valence-corrected chi connectivity index (χ2v) is 7.72. The minimum atomic E-state index is -3.35. The number of aryl methyl sites for hydroxylation is 1. The number of sulfonamides is 1. The molecule has 1 aromatic carbocycles. The summed E-state index contributed by atoms with van der Waals surface area (Å²) in [7, 11) is 0.758. The number of rotatable bonds is 5. The lowest BCUT2D eigenvalue weighted by molar-refractivity contribution is 0.174. The third-order valence-corrected chi connectivity index (χ3v) is 5.96. The zero-order valence-corrected chi connectivity index (χ0v) is 13.9. The highest BCUT2D eigenvalue weighted by Gasteiger charge is 2.29. The molecule has 1 aliphatic heterocycles. The summed E-state index contributed by atoms with van der Waals surface area (Å²) in [5.41, 5.74) is 0.813. The number of hydrogen-bond donors (Lipinski definition) is 0. The quantitative estimate of drug-likeness (QED) is 0.809.